The molecule has 11 heteroatoms. The van der Waals surface area contributed by atoms with Crippen LogP contribution >= 0.6 is 11.6 Å². The van der Waals surface area contributed by atoms with Crippen molar-refractivity contribution in [3.05, 3.63) is 70.7 Å². The van der Waals surface area contributed by atoms with Crippen LogP contribution in [0.4, 0.5) is 4.79 Å². The Hall–Kier alpha value is -3.92. The number of carboxylic acid groups (broad SMARTS) is 1. The van der Waals surface area contributed by atoms with Gasteiger partial charge < -0.3 is 21.1 Å². The van der Waals surface area contributed by atoms with Crippen molar-refractivity contribution >= 4 is 41.2 Å². The molecule has 4 amide bonds. The minimum Gasteiger partial charge on any atom is -0.465 e. The molecule has 2 aromatic rings. The van der Waals surface area contributed by atoms with Gasteiger partial charge in [0.1, 0.15) is 6.04 Å². The fourth-order valence-electron chi connectivity index (χ4n) is 6.55. The Morgan fingerprint density at radius 3 is 2.39 bits per heavy atom. The summed E-state index contributed by atoms with van der Waals surface area (Å²) in [5.41, 5.74) is 1.75. The van der Waals surface area contributed by atoms with Crippen LogP contribution in [-0.4, -0.2) is 70.3 Å². The van der Waals surface area contributed by atoms with Gasteiger partial charge in [-0.1, -0.05) is 60.5 Å². The molecular weight excluding hydrogens is 584 g/mol. The number of benzene rings is 2. The molecule has 234 valence electrons. The molecule has 2 unspecified atom stereocenters. The van der Waals surface area contributed by atoms with E-state index in [1.54, 1.807) is 6.07 Å². The summed E-state index contributed by atoms with van der Waals surface area (Å²) in [6, 6.07) is 13.7. The fourth-order valence-corrected chi connectivity index (χ4v) is 6.76. The summed E-state index contributed by atoms with van der Waals surface area (Å²) >= 11 is 6.22. The van der Waals surface area contributed by atoms with Gasteiger partial charge in [-0.3, -0.25) is 24.1 Å². The number of amides is 4. The van der Waals surface area contributed by atoms with Crippen LogP contribution in [0.2, 0.25) is 5.02 Å². The number of nitrogens with zero attached hydrogens (tertiary/aromatic N) is 1. The first kappa shape index (κ1) is 31.5. The van der Waals surface area contributed by atoms with Crippen molar-refractivity contribution in [3.8, 4) is 0 Å². The van der Waals surface area contributed by atoms with Crippen LogP contribution in [0.25, 0.3) is 0 Å². The topological polar surface area (TPSA) is 145 Å². The van der Waals surface area contributed by atoms with E-state index in [-0.39, 0.29) is 30.7 Å². The number of halogens is 1. The lowest BCUT2D eigenvalue weighted by Gasteiger charge is -2.37. The predicted octanol–water partition coefficient (Wildman–Crippen LogP) is 3.50. The molecule has 2 aliphatic carbocycles. The molecule has 10 nitrogen and oxygen atoms in total. The lowest BCUT2D eigenvalue weighted by molar-refractivity contribution is -0.141. The minimum atomic E-state index is -1.27. The predicted molar refractivity (Wildman–Crippen MR) is 164 cm³/mol. The molecule has 4 N–H and O–H groups in total. The Labute approximate surface area is 261 Å². The number of carbonyl (C=O) groups is 5. The maximum absolute atomic E-state index is 14.2. The van der Waals surface area contributed by atoms with Crippen LogP contribution in [0.3, 0.4) is 0 Å². The second kappa shape index (κ2) is 14.2. The van der Waals surface area contributed by atoms with Crippen LogP contribution in [0.1, 0.15) is 56.1 Å². The average Bonchev–Trinajstić information content (AvgIpc) is 3.55. The summed E-state index contributed by atoms with van der Waals surface area (Å²) < 4.78 is 0. The number of hydrogen-bond acceptors (Lipinski definition) is 5. The molecule has 1 heterocycles. The van der Waals surface area contributed by atoms with Gasteiger partial charge in [0.2, 0.25) is 17.6 Å². The van der Waals surface area contributed by atoms with Crippen LogP contribution in [0.5, 0.6) is 0 Å². The molecule has 3 fully saturated rings. The quantitative estimate of drug-likeness (QED) is 0.252. The highest BCUT2D eigenvalue weighted by atomic mass is 35.5. The Morgan fingerprint density at radius 2 is 1.73 bits per heavy atom. The Morgan fingerprint density at radius 1 is 0.977 bits per heavy atom. The van der Waals surface area contributed by atoms with Gasteiger partial charge in [0.05, 0.1) is 6.04 Å². The van der Waals surface area contributed by atoms with Gasteiger partial charge in [-0.25, -0.2) is 4.79 Å². The highest BCUT2D eigenvalue weighted by Gasteiger charge is 2.43. The maximum Gasteiger partial charge on any atom is 0.408 e. The van der Waals surface area contributed by atoms with E-state index in [2.05, 4.69) is 16.0 Å². The Balaban J connectivity index is 1.42. The van der Waals surface area contributed by atoms with Crippen LogP contribution in [-0.2, 0) is 32.0 Å². The van der Waals surface area contributed by atoms with E-state index in [1.807, 2.05) is 48.5 Å². The molecule has 1 saturated heterocycles. The van der Waals surface area contributed by atoms with Crippen molar-refractivity contribution in [1.82, 2.24) is 20.9 Å². The standard InChI is InChI=1S/C33H39ClN4O6/c34-24-10-4-8-21(17-24)16-22-9-5-11-27(22)38(33(43)44)28(18-20-6-2-1-3-7-20)31(41)37-26(19-23-14-15-35-30(23)40)29(39)32(42)36-25-12-13-25/h1-4,6-8,10,17,22-23,25-28H,5,9,11-16,18-19H2,(H,35,40)(H,36,42)(H,37,41)(H,43,44)/t22?,23-,26-,27?,28-/m0/s1. The highest BCUT2D eigenvalue weighted by molar-refractivity contribution is 6.38. The molecule has 3 aliphatic rings. The second-order valence-electron chi connectivity index (χ2n) is 12.2. The summed E-state index contributed by atoms with van der Waals surface area (Å²) in [6.07, 6.45) is 3.64. The van der Waals surface area contributed by atoms with Gasteiger partial charge in [-0.05, 0) is 74.1 Å². The number of ketones is 1. The lowest BCUT2D eigenvalue weighted by Crippen LogP contribution is -2.59. The van der Waals surface area contributed by atoms with E-state index in [9.17, 15) is 29.1 Å². The van der Waals surface area contributed by atoms with E-state index in [4.69, 9.17) is 11.6 Å². The zero-order valence-corrected chi connectivity index (χ0v) is 25.3. The van der Waals surface area contributed by atoms with Crippen molar-refractivity contribution < 1.29 is 29.1 Å². The zero-order chi connectivity index (χ0) is 31.2. The summed E-state index contributed by atoms with van der Waals surface area (Å²) in [5, 5.41) is 19.4. The number of rotatable bonds is 13. The first-order chi connectivity index (χ1) is 21.2. The van der Waals surface area contributed by atoms with Crippen molar-refractivity contribution in [2.24, 2.45) is 11.8 Å². The molecule has 1 aliphatic heterocycles. The summed E-state index contributed by atoms with van der Waals surface area (Å²) in [5.74, 6) is -3.12. The van der Waals surface area contributed by atoms with Crippen LogP contribution in [0, 0.1) is 11.8 Å². The molecule has 0 radical (unpaired) electrons. The summed E-state index contributed by atoms with van der Waals surface area (Å²) in [6.45, 7) is 0.450. The third kappa shape index (κ3) is 7.96. The van der Waals surface area contributed by atoms with Crippen molar-refractivity contribution in [3.63, 3.8) is 0 Å². The average molecular weight is 623 g/mol. The molecule has 44 heavy (non-hydrogen) atoms. The van der Waals surface area contributed by atoms with Crippen molar-refractivity contribution in [2.45, 2.75) is 82.0 Å². The molecule has 2 aromatic carbocycles. The maximum atomic E-state index is 14.2. The summed E-state index contributed by atoms with van der Waals surface area (Å²) in [7, 11) is 0. The first-order valence-electron chi connectivity index (χ1n) is 15.4. The molecule has 0 bridgehead atoms. The molecule has 5 rings (SSSR count). The van der Waals surface area contributed by atoms with Crippen molar-refractivity contribution in [1.29, 1.82) is 0 Å². The fraction of sp³-hybridized carbons (Fsp3) is 0.485. The second-order valence-corrected chi connectivity index (χ2v) is 12.6. The smallest absolute Gasteiger partial charge is 0.408 e. The van der Waals surface area contributed by atoms with Crippen LogP contribution < -0.4 is 16.0 Å². The largest absolute Gasteiger partial charge is 0.465 e. The molecule has 5 atom stereocenters. The number of Topliss-reactive ketones (excluding diaryl/α,β-unsaturated/α-hetero) is 1. The Kier molecular flexibility index (Phi) is 10.2. The zero-order valence-electron chi connectivity index (χ0n) is 24.5. The van der Waals surface area contributed by atoms with E-state index < -0.39 is 47.7 Å². The van der Waals surface area contributed by atoms with E-state index in [0.717, 1.165) is 36.8 Å². The minimum absolute atomic E-state index is 0.0412. The third-order valence-electron chi connectivity index (χ3n) is 8.95. The molecular formula is C33H39ClN4O6. The number of hydrogen-bond donors (Lipinski definition) is 4. The number of nitrogens with one attached hydrogen (secondary N) is 3. The van der Waals surface area contributed by atoms with Gasteiger partial charge in [-0.2, -0.15) is 0 Å². The van der Waals surface area contributed by atoms with E-state index >= 15 is 0 Å². The van der Waals surface area contributed by atoms with Gasteiger partial charge in [0, 0.05) is 36.0 Å². The van der Waals surface area contributed by atoms with E-state index in [1.165, 1.54) is 4.90 Å². The van der Waals surface area contributed by atoms with Gasteiger partial charge in [0.25, 0.3) is 5.91 Å². The normalized spacial score (nSPS) is 22.5. The van der Waals surface area contributed by atoms with Gasteiger partial charge in [0.15, 0.2) is 0 Å². The van der Waals surface area contributed by atoms with Gasteiger partial charge in [-0.15, -0.1) is 0 Å². The molecule has 0 aromatic heterocycles. The molecule has 2 saturated carbocycles. The third-order valence-corrected chi connectivity index (χ3v) is 9.18. The van der Waals surface area contributed by atoms with Crippen LogP contribution in [0.15, 0.2) is 54.6 Å². The lowest BCUT2D eigenvalue weighted by atomic mass is 9.91. The monoisotopic (exact) mass is 622 g/mol. The Bertz CT molecular complexity index is 1380. The van der Waals surface area contributed by atoms with Gasteiger partial charge >= 0.3 is 6.09 Å². The number of carbonyl (C=O) groups excluding carboxylic acids is 4. The first-order valence-corrected chi connectivity index (χ1v) is 15.8. The highest BCUT2D eigenvalue weighted by Crippen LogP contribution is 2.35. The molecule has 0 spiro atoms. The SMILES string of the molecule is O=C(NC1CC1)C(=O)[C@H](C[C@@H]1CCNC1=O)NC(=O)[C@H](Cc1ccccc1)N(C(=O)O)C1CCCC1Cc1cccc(Cl)c1. The van der Waals surface area contributed by atoms with Crippen molar-refractivity contribution in [2.75, 3.05) is 6.54 Å². The van der Waals surface area contributed by atoms with E-state index in [0.29, 0.717) is 30.8 Å². The summed E-state index contributed by atoms with van der Waals surface area (Å²) in [4.78, 5) is 67.0.